The highest BCUT2D eigenvalue weighted by molar-refractivity contribution is 7.84. The SMILES string of the molecule is CCC1NC(C2CCCC2)N(CCS(C)=O)C1=O. The van der Waals surface area contributed by atoms with Gasteiger partial charge < -0.3 is 4.90 Å². The van der Waals surface area contributed by atoms with E-state index in [1.54, 1.807) is 6.26 Å². The Bertz CT molecular complexity index is 329. The van der Waals surface area contributed by atoms with Gasteiger partial charge in [0.15, 0.2) is 0 Å². The molecule has 2 rings (SSSR count). The summed E-state index contributed by atoms with van der Waals surface area (Å²) in [6.45, 7) is 2.68. The Morgan fingerprint density at radius 3 is 2.61 bits per heavy atom. The van der Waals surface area contributed by atoms with Crippen molar-refractivity contribution in [2.75, 3.05) is 18.6 Å². The molecule has 3 unspecified atom stereocenters. The van der Waals surface area contributed by atoms with Crippen molar-refractivity contribution < 1.29 is 9.00 Å². The van der Waals surface area contributed by atoms with Crippen LogP contribution < -0.4 is 5.32 Å². The number of carbonyl (C=O) groups excluding carboxylic acids is 1. The van der Waals surface area contributed by atoms with Crippen LogP contribution in [0.3, 0.4) is 0 Å². The maximum absolute atomic E-state index is 12.3. The molecule has 1 aliphatic carbocycles. The lowest BCUT2D eigenvalue weighted by atomic mass is 10.0. The monoisotopic (exact) mass is 272 g/mol. The maximum atomic E-state index is 12.3. The predicted molar refractivity (Wildman–Crippen MR) is 73.6 cm³/mol. The number of amides is 1. The van der Waals surface area contributed by atoms with E-state index < -0.39 is 10.8 Å². The standard InChI is InChI=1S/C13H24N2O2S/c1-3-11-13(16)15(8-9-18(2)17)12(14-11)10-6-4-5-7-10/h10-12,14H,3-9H2,1-2H3. The van der Waals surface area contributed by atoms with Crippen LogP contribution in [0.5, 0.6) is 0 Å². The molecule has 1 N–H and O–H groups in total. The molecule has 0 aromatic heterocycles. The van der Waals surface area contributed by atoms with Crippen LogP contribution >= 0.6 is 0 Å². The molecule has 5 heteroatoms. The van der Waals surface area contributed by atoms with Crippen molar-refractivity contribution in [2.45, 2.75) is 51.2 Å². The molecule has 0 bridgehead atoms. The molecule has 2 aliphatic rings. The summed E-state index contributed by atoms with van der Waals surface area (Å²) in [7, 11) is -0.828. The molecule has 18 heavy (non-hydrogen) atoms. The first-order valence-corrected chi connectivity index (χ1v) is 8.72. The van der Waals surface area contributed by atoms with Crippen LogP contribution in [-0.4, -0.2) is 45.8 Å². The van der Waals surface area contributed by atoms with Gasteiger partial charge in [-0.05, 0) is 25.2 Å². The summed E-state index contributed by atoms with van der Waals surface area (Å²) in [5.41, 5.74) is 0. The predicted octanol–water partition coefficient (Wildman–Crippen LogP) is 1.09. The van der Waals surface area contributed by atoms with Crippen LogP contribution in [0.1, 0.15) is 39.0 Å². The molecule has 1 aliphatic heterocycles. The summed E-state index contributed by atoms with van der Waals surface area (Å²) < 4.78 is 11.2. The third-order valence-corrected chi connectivity index (χ3v) is 4.92. The number of hydrogen-bond acceptors (Lipinski definition) is 3. The second-order valence-electron chi connectivity index (χ2n) is 5.43. The largest absolute Gasteiger partial charge is 0.325 e. The average molecular weight is 272 g/mol. The fraction of sp³-hybridized carbons (Fsp3) is 0.923. The molecule has 0 radical (unpaired) electrons. The quantitative estimate of drug-likeness (QED) is 0.815. The zero-order valence-corrected chi connectivity index (χ0v) is 12.2. The first kappa shape index (κ1) is 14.0. The Hall–Kier alpha value is -0.420. The first-order valence-electron chi connectivity index (χ1n) is 7.00. The molecule has 0 aromatic rings. The summed E-state index contributed by atoms with van der Waals surface area (Å²) in [6, 6.07) is -0.0270. The molecular formula is C13H24N2O2S. The van der Waals surface area contributed by atoms with E-state index in [4.69, 9.17) is 0 Å². The van der Waals surface area contributed by atoms with Crippen molar-refractivity contribution in [3.05, 3.63) is 0 Å². The van der Waals surface area contributed by atoms with Crippen LogP contribution in [0, 0.1) is 5.92 Å². The Morgan fingerprint density at radius 2 is 2.06 bits per heavy atom. The van der Waals surface area contributed by atoms with E-state index in [1.807, 2.05) is 11.8 Å². The van der Waals surface area contributed by atoms with Gasteiger partial charge in [0.2, 0.25) is 5.91 Å². The highest BCUT2D eigenvalue weighted by atomic mass is 32.2. The lowest BCUT2D eigenvalue weighted by molar-refractivity contribution is -0.130. The zero-order chi connectivity index (χ0) is 13.1. The van der Waals surface area contributed by atoms with E-state index in [-0.39, 0.29) is 18.1 Å². The Labute approximate surface area is 112 Å². The third kappa shape index (κ3) is 2.94. The minimum absolute atomic E-state index is 0.0270. The van der Waals surface area contributed by atoms with Crippen LogP contribution in [0.2, 0.25) is 0 Å². The zero-order valence-electron chi connectivity index (χ0n) is 11.4. The van der Waals surface area contributed by atoms with Gasteiger partial charge >= 0.3 is 0 Å². The number of hydrogen-bond donors (Lipinski definition) is 1. The van der Waals surface area contributed by atoms with Gasteiger partial charge in [-0.25, -0.2) is 0 Å². The van der Waals surface area contributed by atoms with E-state index in [0.29, 0.717) is 18.2 Å². The lowest BCUT2D eigenvalue weighted by Gasteiger charge is -2.28. The molecule has 4 nitrogen and oxygen atoms in total. The van der Waals surface area contributed by atoms with E-state index in [1.165, 1.54) is 25.7 Å². The normalized spacial score (nSPS) is 31.2. The fourth-order valence-electron chi connectivity index (χ4n) is 3.14. The highest BCUT2D eigenvalue weighted by Gasteiger charge is 2.41. The number of rotatable bonds is 5. The van der Waals surface area contributed by atoms with E-state index in [0.717, 1.165) is 6.42 Å². The van der Waals surface area contributed by atoms with E-state index in [2.05, 4.69) is 5.32 Å². The van der Waals surface area contributed by atoms with Crippen molar-refractivity contribution in [3.8, 4) is 0 Å². The molecule has 0 spiro atoms. The van der Waals surface area contributed by atoms with Crippen molar-refractivity contribution in [1.29, 1.82) is 0 Å². The molecule has 1 saturated carbocycles. The van der Waals surface area contributed by atoms with Gasteiger partial charge in [0, 0.05) is 29.4 Å². The molecule has 1 amide bonds. The summed E-state index contributed by atoms with van der Waals surface area (Å²) in [4.78, 5) is 14.2. The van der Waals surface area contributed by atoms with Crippen LogP contribution in [0.25, 0.3) is 0 Å². The van der Waals surface area contributed by atoms with Gasteiger partial charge in [-0.15, -0.1) is 0 Å². The summed E-state index contributed by atoms with van der Waals surface area (Å²) in [5.74, 6) is 1.39. The average Bonchev–Trinajstić information content (AvgIpc) is 2.94. The fourth-order valence-corrected chi connectivity index (χ4v) is 3.59. The minimum atomic E-state index is -0.828. The van der Waals surface area contributed by atoms with Gasteiger partial charge in [-0.1, -0.05) is 19.8 Å². The highest BCUT2D eigenvalue weighted by Crippen LogP contribution is 2.32. The van der Waals surface area contributed by atoms with Gasteiger partial charge in [0.05, 0.1) is 12.2 Å². The van der Waals surface area contributed by atoms with Gasteiger partial charge in [0.25, 0.3) is 0 Å². The number of carbonyl (C=O) groups is 1. The topological polar surface area (TPSA) is 49.4 Å². The Morgan fingerprint density at radius 1 is 1.39 bits per heavy atom. The van der Waals surface area contributed by atoms with Gasteiger partial charge in [-0.2, -0.15) is 0 Å². The maximum Gasteiger partial charge on any atom is 0.241 e. The van der Waals surface area contributed by atoms with Crippen molar-refractivity contribution in [3.63, 3.8) is 0 Å². The molecule has 0 aromatic carbocycles. The number of nitrogens with one attached hydrogen (secondary N) is 1. The Kier molecular flexibility index (Phi) is 4.78. The van der Waals surface area contributed by atoms with Crippen molar-refractivity contribution in [2.24, 2.45) is 5.92 Å². The van der Waals surface area contributed by atoms with Crippen LogP contribution in [-0.2, 0) is 15.6 Å². The van der Waals surface area contributed by atoms with Crippen LogP contribution in [0.4, 0.5) is 0 Å². The van der Waals surface area contributed by atoms with E-state index >= 15 is 0 Å². The second kappa shape index (κ2) is 6.15. The lowest BCUT2D eigenvalue weighted by Crippen LogP contribution is -2.44. The molecule has 3 atom stereocenters. The summed E-state index contributed by atoms with van der Waals surface area (Å²) in [5, 5.41) is 3.48. The second-order valence-corrected chi connectivity index (χ2v) is 6.98. The Balaban J connectivity index is 2.04. The van der Waals surface area contributed by atoms with Crippen LogP contribution in [0.15, 0.2) is 0 Å². The molecule has 1 saturated heterocycles. The molecule has 104 valence electrons. The van der Waals surface area contributed by atoms with E-state index in [9.17, 15) is 9.00 Å². The molecular weight excluding hydrogens is 248 g/mol. The molecule has 2 fully saturated rings. The van der Waals surface area contributed by atoms with Gasteiger partial charge in [-0.3, -0.25) is 14.3 Å². The first-order chi connectivity index (χ1) is 8.63. The summed E-state index contributed by atoms with van der Waals surface area (Å²) >= 11 is 0. The smallest absolute Gasteiger partial charge is 0.241 e. The summed E-state index contributed by atoms with van der Waals surface area (Å²) in [6.07, 6.45) is 7.72. The molecule has 1 heterocycles. The third-order valence-electron chi connectivity index (χ3n) is 4.16. The minimum Gasteiger partial charge on any atom is -0.325 e. The van der Waals surface area contributed by atoms with Crippen molar-refractivity contribution in [1.82, 2.24) is 10.2 Å². The number of nitrogens with zero attached hydrogens (tertiary/aromatic N) is 1. The van der Waals surface area contributed by atoms with Crippen molar-refractivity contribution >= 4 is 16.7 Å². The van der Waals surface area contributed by atoms with Gasteiger partial charge in [0.1, 0.15) is 0 Å².